The fourth-order valence-electron chi connectivity index (χ4n) is 5.25. The lowest BCUT2D eigenvalue weighted by atomic mass is 9.85. The van der Waals surface area contributed by atoms with Crippen LogP contribution in [0.4, 0.5) is 11.4 Å². The molecule has 2 heterocycles. The molecule has 7 nitrogen and oxygen atoms in total. The van der Waals surface area contributed by atoms with E-state index in [1.54, 1.807) is 0 Å². The van der Waals surface area contributed by atoms with Crippen molar-refractivity contribution in [3.63, 3.8) is 0 Å². The predicted octanol–water partition coefficient (Wildman–Crippen LogP) is 4.80. The molecule has 1 fully saturated rings. The van der Waals surface area contributed by atoms with Crippen molar-refractivity contribution in [2.24, 2.45) is 11.8 Å². The Morgan fingerprint density at radius 2 is 1.94 bits per heavy atom. The number of ketones is 1. The molecule has 1 aliphatic heterocycles. The highest BCUT2D eigenvalue weighted by Gasteiger charge is 2.34. The number of carbonyl (C=O) groups is 2. The molecule has 1 saturated heterocycles. The Morgan fingerprint density at radius 3 is 2.66 bits per heavy atom. The number of hydrogen-bond donors (Lipinski definition) is 2. The molecule has 2 atom stereocenters. The minimum absolute atomic E-state index is 0.0611. The van der Waals surface area contributed by atoms with Crippen LogP contribution >= 0.6 is 0 Å². The van der Waals surface area contributed by atoms with Crippen molar-refractivity contribution in [2.45, 2.75) is 33.1 Å². The van der Waals surface area contributed by atoms with Crippen LogP contribution in [0.5, 0.6) is 0 Å². The van der Waals surface area contributed by atoms with Gasteiger partial charge in [0.15, 0.2) is 11.5 Å². The minimum atomic E-state index is -0.827. The third-order valence-corrected chi connectivity index (χ3v) is 6.47. The Kier molecular flexibility index (Phi) is 5.12. The number of rotatable bonds is 6. The van der Waals surface area contributed by atoms with Crippen molar-refractivity contribution in [1.29, 1.82) is 0 Å². The van der Waals surface area contributed by atoms with Gasteiger partial charge in [-0.1, -0.05) is 43.3 Å². The molecule has 32 heavy (non-hydrogen) atoms. The smallest absolute Gasteiger partial charge is 0.303 e. The molecule has 0 amide bonds. The molecule has 0 radical (unpaired) electrons. The number of hydrogen-bond acceptors (Lipinski definition) is 6. The number of benzene rings is 2. The number of aliphatic carboxylic acids is 1. The topological polar surface area (TPSA) is 95.7 Å². The summed E-state index contributed by atoms with van der Waals surface area (Å²) >= 11 is 0. The second-order valence-corrected chi connectivity index (χ2v) is 9.20. The molecule has 166 valence electrons. The van der Waals surface area contributed by atoms with E-state index in [1.165, 1.54) is 6.42 Å². The monoisotopic (exact) mass is 433 g/mol. The summed E-state index contributed by atoms with van der Waals surface area (Å²) in [6.07, 6.45) is 1.74. The van der Waals surface area contributed by atoms with Crippen molar-refractivity contribution in [3.05, 3.63) is 41.5 Å². The average molecular weight is 434 g/mol. The molecule has 3 aromatic rings. The summed E-state index contributed by atoms with van der Waals surface area (Å²) in [5, 5.41) is 17.5. The molecule has 0 saturated carbocycles. The van der Waals surface area contributed by atoms with Crippen LogP contribution in [-0.2, 0) is 4.79 Å². The molecule has 1 aliphatic carbocycles. The highest BCUT2D eigenvalue weighted by atomic mass is 16.5. The van der Waals surface area contributed by atoms with E-state index in [1.807, 2.05) is 30.3 Å². The van der Waals surface area contributed by atoms with Gasteiger partial charge in [0.2, 0.25) is 0 Å². The van der Waals surface area contributed by atoms with E-state index < -0.39 is 5.97 Å². The van der Waals surface area contributed by atoms with Gasteiger partial charge in [-0.05, 0) is 30.7 Å². The first-order valence-corrected chi connectivity index (χ1v) is 11.2. The summed E-state index contributed by atoms with van der Waals surface area (Å²) in [4.78, 5) is 26.8. The van der Waals surface area contributed by atoms with Gasteiger partial charge in [-0.3, -0.25) is 9.59 Å². The minimum Gasteiger partial charge on any atom is -0.481 e. The largest absolute Gasteiger partial charge is 0.481 e. The van der Waals surface area contributed by atoms with Gasteiger partial charge in [0, 0.05) is 42.9 Å². The third kappa shape index (κ3) is 3.42. The number of carboxylic acid groups (broad SMARTS) is 1. The van der Waals surface area contributed by atoms with Crippen LogP contribution in [0.15, 0.2) is 34.9 Å². The number of carbonyl (C=O) groups excluding carboxylic acids is 1. The van der Waals surface area contributed by atoms with Gasteiger partial charge in [-0.2, -0.15) is 0 Å². The number of carboxylic acids is 1. The normalized spacial score (nSPS) is 19.8. The standard InChI is InChI=1S/C25H27N3O4/c1-14-10-15(2)13-28(12-14)19-11-18(26-9-5-8-20(29)30)21-22-23(19)27-32-25(22)17-7-4-3-6-16(17)24(21)31/h3-4,6-7,11,14-15,26H,5,8-10,12-13H2,1-2H3,(H,29,30)/t14-,15-/m0/s1. The van der Waals surface area contributed by atoms with Crippen LogP contribution in [0.1, 0.15) is 49.0 Å². The summed E-state index contributed by atoms with van der Waals surface area (Å²) in [6, 6.07) is 9.45. The van der Waals surface area contributed by atoms with Gasteiger partial charge in [0.1, 0.15) is 5.52 Å². The van der Waals surface area contributed by atoms with E-state index in [0.29, 0.717) is 47.4 Å². The first-order chi connectivity index (χ1) is 15.4. The second kappa shape index (κ2) is 7.97. The highest BCUT2D eigenvalue weighted by molar-refractivity contribution is 6.28. The van der Waals surface area contributed by atoms with E-state index in [0.717, 1.165) is 35.2 Å². The summed E-state index contributed by atoms with van der Waals surface area (Å²) in [6.45, 7) is 6.83. The Morgan fingerprint density at radius 1 is 1.22 bits per heavy atom. The van der Waals surface area contributed by atoms with Gasteiger partial charge < -0.3 is 19.8 Å². The van der Waals surface area contributed by atoms with Crippen LogP contribution in [0.2, 0.25) is 0 Å². The first kappa shape index (κ1) is 20.5. The SMILES string of the molecule is C[C@H]1C[C@H](C)CN(c2cc(NCCCC(=O)O)c3c4c(onc24)-c2ccccc2C3=O)C1. The van der Waals surface area contributed by atoms with Crippen LogP contribution < -0.4 is 10.2 Å². The van der Waals surface area contributed by atoms with Crippen LogP contribution in [0.25, 0.3) is 22.2 Å². The molecule has 0 bridgehead atoms. The fourth-order valence-corrected chi connectivity index (χ4v) is 5.25. The lowest BCUT2D eigenvalue weighted by Crippen LogP contribution is -2.39. The maximum atomic E-state index is 13.5. The van der Waals surface area contributed by atoms with Crippen molar-refractivity contribution in [1.82, 2.24) is 5.16 Å². The van der Waals surface area contributed by atoms with Crippen LogP contribution in [0.3, 0.4) is 0 Å². The summed E-state index contributed by atoms with van der Waals surface area (Å²) in [5.74, 6) is 0.851. The number of fused-ring (bicyclic) bond motifs is 2. The molecular formula is C25H27N3O4. The zero-order chi connectivity index (χ0) is 22.4. The first-order valence-electron chi connectivity index (χ1n) is 11.2. The lowest BCUT2D eigenvalue weighted by molar-refractivity contribution is -0.137. The fraction of sp³-hybridized carbons (Fsp3) is 0.400. The molecule has 7 heteroatoms. The van der Waals surface area contributed by atoms with Crippen molar-refractivity contribution >= 4 is 34.0 Å². The van der Waals surface area contributed by atoms with Crippen LogP contribution in [-0.4, -0.2) is 41.7 Å². The number of piperidine rings is 1. The summed E-state index contributed by atoms with van der Waals surface area (Å²) in [5.41, 5.74) is 4.32. The lowest BCUT2D eigenvalue weighted by Gasteiger charge is -2.37. The van der Waals surface area contributed by atoms with Gasteiger partial charge in [0.25, 0.3) is 0 Å². The zero-order valence-electron chi connectivity index (χ0n) is 18.4. The molecular weight excluding hydrogens is 406 g/mol. The van der Waals surface area contributed by atoms with E-state index in [2.05, 4.69) is 29.2 Å². The number of anilines is 2. The van der Waals surface area contributed by atoms with Gasteiger partial charge >= 0.3 is 5.97 Å². The highest BCUT2D eigenvalue weighted by Crippen LogP contribution is 2.46. The van der Waals surface area contributed by atoms with Gasteiger partial charge in [0.05, 0.1) is 16.6 Å². The maximum absolute atomic E-state index is 13.5. The third-order valence-electron chi connectivity index (χ3n) is 6.47. The molecule has 2 N–H and O–H groups in total. The van der Waals surface area contributed by atoms with E-state index in [9.17, 15) is 9.59 Å². The number of aromatic nitrogens is 1. The predicted molar refractivity (Wildman–Crippen MR) is 123 cm³/mol. The Balaban J connectivity index is 1.66. The molecule has 1 aromatic heterocycles. The van der Waals surface area contributed by atoms with Crippen LogP contribution in [0, 0.1) is 11.8 Å². The van der Waals surface area contributed by atoms with E-state index in [-0.39, 0.29) is 12.2 Å². The Hall–Kier alpha value is -3.35. The second-order valence-electron chi connectivity index (χ2n) is 9.20. The molecule has 5 rings (SSSR count). The van der Waals surface area contributed by atoms with Crippen molar-refractivity contribution in [3.8, 4) is 11.3 Å². The van der Waals surface area contributed by atoms with Gasteiger partial charge in [-0.15, -0.1) is 0 Å². The molecule has 0 spiro atoms. The van der Waals surface area contributed by atoms with Crippen molar-refractivity contribution in [2.75, 3.05) is 29.9 Å². The quantitative estimate of drug-likeness (QED) is 0.422. The van der Waals surface area contributed by atoms with E-state index in [4.69, 9.17) is 9.63 Å². The van der Waals surface area contributed by atoms with Gasteiger partial charge in [-0.25, -0.2) is 0 Å². The maximum Gasteiger partial charge on any atom is 0.303 e. The zero-order valence-corrected chi connectivity index (χ0v) is 18.4. The summed E-state index contributed by atoms with van der Waals surface area (Å²) < 4.78 is 5.83. The number of nitrogens with zero attached hydrogens (tertiary/aromatic N) is 2. The Labute approximate surface area is 186 Å². The average Bonchev–Trinajstić information content (AvgIpc) is 3.19. The summed E-state index contributed by atoms with van der Waals surface area (Å²) in [7, 11) is 0. The molecule has 2 aliphatic rings. The molecule has 2 aromatic carbocycles. The van der Waals surface area contributed by atoms with Crippen molar-refractivity contribution < 1.29 is 19.2 Å². The number of nitrogens with one attached hydrogen (secondary N) is 1. The molecule has 0 unspecified atom stereocenters. The Bertz CT molecular complexity index is 1210. The van der Waals surface area contributed by atoms with E-state index >= 15 is 0 Å².